The molecule has 3 heterocycles. The number of carbonyl (C=O) groups excluding carboxylic acids is 3. The second kappa shape index (κ2) is 14.2. The molecule has 1 aliphatic rings. The van der Waals surface area contributed by atoms with Crippen molar-refractivity contribution in [1.29, 1.82) is 0 Å². The quantitative estimate of drug-likeness (QED) is 0.148. The van der Waals surface area contributed by atoms with Crippen LogP contribution in [-0.4, -0.2) is 91.9 Å². The van der Waals surface area contributed by atoms with Crippen LogP contribution in [-0.2, 0) is 32.9 Å². The number of anilines is 1. The molecule has 0 aliphatic carbocycles. The number of ether oxygens (including phenoxy) is 3. The van der Waals surface area contributed by atoms with Crippen LogP contribution >= 0.6 is 8.69 Å². The zero-order chi connectivity index (χ0) is 31.9. The van der Waals surface area contributed by atoms with Gasteiger partial charge in [-0.15, -0.1) is 0 Å². The van der Waals surface area contributed by atoms with E-state index in [0.717, 1.165) is 0 Å². The van der Waals surface area contributed by atoms with Crippen LogP contribution in [0.2, 0.25) is 0 Å². The van der Waals surface area contributed by atoms with E-state index >= 15 is 0 Å². The van der Waals surface area contributed by atoms with Gasteiger partial charge in [-0.3, -0.25) is 13.9 Å². The summed E-state index contributed by atoms with van der Waals surface area (Å²) in [6.07, 6.45) is -8.93. The zero-order valence-electron chi connectivity index (χ0n) is 23.2. The van der Waals surface area contributed by atoms with Crippen LogP contribution in [0.15, 0.2) is 12.7 Å². The summed E-state index contributed by atoms with van der Waals surface area (Å²) >= 11 is 0. The summed E-state index contributed by atoms with van der Waals surface area (Å²) in [6.45, 7) is 4.04. The average molecular weight is 638 g/mol. The highest BCUT2D eigenvalue weighted by Crippen LogP contribution is 2.34. The highest BCUT2D eigenvalue weighted by molar-refractivity contribution is 7.17. The normalized spacial score (nSPS) is 21.5. The van der Waals surface area contributed by atoms with Crippen molar-refractivity contribution in [2.75, 3.05) is 18.9 Å². The molecule has 5 atom stereocenters. The molecule has 43 heavy (non-hydrogen) atoms. The number of nitrogens with zero attached hydrogens (tertiary/aromatic N) is 4. The fourth-order valence-corrected chi connectivity index (χ4v) is 4.29. The lowest BCUT2D eigenvalue weighted by Crippen LogP contribution is -2.47. The van der Waals surface area contributed by atoms with Crippen LogP contribution in [0.3, 0.4) is 0 Å². The van der Waals surface area contributed by atoms with Gasteiger partial charge >= 0.3 is 32.8 Å². The van der Waals surface area contributed by atoms with Crippen LogP contribution in [0.5, 0.6) is 0 Å². The van der Waals surface area contributed by atoms with E-state index in [0.29, 0.717) is 0 Å². The number of hydrogen-bond acceptors (Lipinski definition) is 13. The minimum atomic E-state index is -5.04. The first-order valence-electron chi connectivity index (χ1n) is 12.9. The van der Waals surface area contributed by atoms with Gasteiger partial charge in [0.1, 0.15) is 35.7 Å². The number of nitrogen functional groups attached to an aromatic ring is 1. The van der Waals surface area contributed by atoms with Gasteiger partial charge in [0.15, 0.2) is 23.8 Å². The SMILES string of the molecule is CC(C)(C)OC(=O)N[C@@H](CCCCNC(=O)C(F)(F)F)C(=O)O[C@H]1[C@@H](O)[C@H](n2cnc3c(N)ncnc32)O[C@@H]1COP=O. The molecule has 0 unspecified atom stereocenters. The number of imidazole rings is 1. The molecule has 2 amide bonds. The number of esters is 1. The summed E-state index contributed by atoms with van der Waals surface area (Å²) in [5, 5.41) is 15.2. The molecule has 16 nitrogen and oxygen atoms in total. The molecule has 0 radical (unpaired) electrons. The molecule has 0 spiro atoms. The standard InChI is InChI=1S/C23H31F3N7O9P/c1-22(2,3)42-21(37)32-11(6-4-5-7-28-20(36)23(24,25)26)19(35)41-15-12(8-39-43-38)40-18(14(15)34)33-10-31-13-16(27)29-9-30-17(13)33/h9-12,14-15,18,34H,4-8H2,1-3H3,(H,28,36)(H,32,37)(H2,27,29,30)/t11-,12+,14+,15+,18+/m0/s1. The third-order valence-corrected chi connectivity index (χ3v) is 6.21. The van der Waals surface area contributed by atoms with Crippen LogP contribution in [0.1, 0.15) is 46.3 Å². The molecule has 0 saturated carbocycles. The fraction of sp³-hybridized carbons (Fsp3) is 0.652. The van der Waals surface area contributed by atoms with E-state index in [1.807, 2.05) is 0 Å². The Morgan fingerprint density at radius 3 is 2.58 bits per heavy atom. The second-order valence-corrected chi connectivity index (χ2v) is 10.8. The number of carbonyl (C=O) groups is 3. The molecular weight excluding hydrogens is 606 g/mol. The third kappa shape index (κ3) is 9.16. The lowest BCUT2D eigenvalue weighted by Gasteiger charge is -2.25. The Morgan fingerprint density at radius 1 is 1.21 bits per heavy atom. The summed E-state index contributed by atoms with van der Waals surface area (Å²) in [6, 6.07) is -1.37. The van der Waals surface area contributed by atoms with E-state index < -0.39 is 69.0 Å². The number of aliphatic hydroxyl groups excluding tert-OH is 1. The topological polar surface area (TPSA) is 219 Å². The predicted molar refractivity (Wildman–Crippen MR) is 139 cm³/mol. The zero-order valence-corrected chi connectivity index (χ0v) is 24.1. The van der Waals surface area contributed by atoms with Gasteiger partial charge in [-0.05, 0) is 40.0 Å². The molecule has 238 valence electrons. The molecule has 0 aromatic carbocycles. The highest BCUT2D eigenvalue weighted by atomic mass is 31.1. The number of alkyl carbamates (subject to hydrolysis) is 1. The molecule has 2 aromatic rings. The summed E-state index contributed by atoms with van der Waals surface area (Å²) in [4.78, 5) is 48.8. The van der Waals surface area contributed by atoms with Gasteiger partial charge in [0, 0.05) is 6.54 Å². The number of aromatic nitrogens is 4. The van der Waals surface area contributed by atoms with Crippen LogP contribution in [0, 0.1) is 0 Å². The second-order valence-electron chi connectivity index (χ2n) is 10.4. The summed E-state index contributed by atoms with van der Waals surface area (Å²) in [5.74, 6) is -3.07. The number of nitrogens with two attached hydrogens (primary N) is 1. The molecule has 1 fully saturated rings. The van der Waals surface area contributed by atoms with E-state index in [-0.39, 0.29) is 49.4 Å². The first kappa shape index (κ1) is 33.8. The predicted octanol–water partition coefficient (Wildman–Crippen LogP) is 1.54. The number of fused-ring (bicyclic) bond motifs is 1. The van der Waals surface area contributed by atoms with E-state index in [9.17, 15) is 37.2 Å². The third-order valence-electron chi connectivity index (χ3n) is 5.95. The summed E-state index contributed by atoms with van der Waals surface area (Å²) in [7, 11) is -0.711. The monoisotopic (exact) mass is 637 g/mol. The molecule has 1 aliphatic heterocycles. The van der Waals surface area contributed by atoms with E-state index in [1.165, 1.54) is 17.2 Å². The maximum absolute atomic E-state index is 13.3. The maximum Gasteiger partial charge on any atom is 0.471 e. The summed E-state index contributed by atoms with van der Waals surface area (Å²) < 4.78 is 71.0. The van der Waals surface area contributed by atoms with Gasteiger partial charge < -0.3 is 35.7 Å². The minimum Gasteiger partial charge on any atom is -0.455 e. The van der Waals surface area contributed by atoms with Crippen molar-refractivity contribution < 1.29 is 56.0 Å². The van der Waals surface area contributed by atoms with Crippen LogP contribution in [0.4, 0.5) is 23.8 Å². The molecule has 5 N–H and O–H groups in total. The van der Waals surface area contributed by atoms with Crippen molar-refractivity contribution >= 4 is 43.6 Å². The van der Waals surface area contributed by atoms with Crippen LogP contribution < -0.4 is 16.4 Å². The number of halogens is 3. The van der Waals surface area contributed by atoms with E-state index in [1.54, 1.807) is 26.1 Å². The molecule has 2 aromatic heterocycles. The largest absolute Gasteiger partial charge is 0.471 e. The van der Waals surface area contributed by atoms with E-state index in [2.05, 4.69) is 20.3 Å². The minimum absolute atomic E-state index is 0.0244. The first-order chi connectivity index (χ1) is 20.1. The van der Waals surface area contributed by atoms with Gasteiger partial charge in [0.2, 0.25) is 0 Å². The van der Waals surface area contributed by atoms with Gasteiger partial charge in [-0.1, -0.05) is 0 Å². The van der Waals surface area contributed by atoms with Crippen molar-refractivity contribution in [1.82, 2.24) is 30.2 Å². The Labute approximate surface area is 244 Å². The van der Waals surface area contributed by atoms with Crippen molar-refractivity contribution in [3.05, 3.63) is 12.7 Å². The maximum atomic E-state index is 13.3. The highest BCUT2D eigenvalue weighted by Gasteiger charge is 2.48. The number of unbranched alkanes of at least 4 members (excludes halogenated alkanes) is 1. The average Bonchev–Trinajstić information content (AvgIpc) is 3.46. The van der Waals surface area contributed by atoms with Crippen molar-refractivity contribution in [2.24, 2.45) is 0 Å². The number of aliphatic hydroxyl groups is 1. The number of alkyl halides is 3. The lowest BCUT2D eigenvalue weighted by molar-refractivity contribution is -0.173. The van der Waals surface area contributed by atoms with Gasteiger partial charge in [-0.25, -0.2) is 29.1 Å². The van der Waals surface area contributed by atoms with E-state index in [4.69, 9.17) is 24.5 Å². The Bertz CT molecular complexity index is 1310. The molecule has 20 heteroatoms. The molecule has 1 saturated heterocycles. The molecule has 0 bridgehead atoms. The van der Waals surface area contributed by atoms with Crippen molar-refractivity contribution in [3.63, 3.8) is 0 Å². The van der Waals surface area contributed by atoms with Crippen LogP contribution in [0.25, 0.3) is 11.2 Å². The van der Waals surface area contributed by atoms with Gasteiger partial charge in [0.25, 0.3) is 0 Å². The Kier molecular flexibility index (Phi) is 11.2. The lowest BCUT2D eigenvalue weighted by atomic mass is 10.1. The Hall–Kier alpha value is -3.67. The Morgan fingerprint density at radius 2 is 1.93 bits per heavy atom. The smallest absolute Gasteiger partial charge is 0.455 e. The first-order valence-corrected chi connectivity index (χ1v) is 13.6. The Balaban J connectivity index is 1.75. The molecular formula is C23H31F3N7O9P. The van der Waals surface area contributed by atoms with Crippen molar-refractivity contribution in [3.8, 4) is 0 Å². The number of hydrogen-bond donors (Lipinski definition) is 4. The number of nitrogens with one attached hydrogen (secondary N) is 2. The number of rotatable bonds is 12. The summed E-state index contributed by atoms with van der Waals surface area (Å²) in [5.41, 5.74) is 5.32. The fourth-order valence-electron chi connectivity index (χ4n) is 4.08. The van der Waals surface area contributed by atoms with Gasteiger partial charge in [-0.2, -0.15) is 13.2 Å². The van der Waals surface area contributed by atoms with Gasteiger partial charge in [0.05, 0.1) is 12.9 Å². The molecule has 3 rings (SSSR count). The van der Waals surface area contributed by atoms with Crippen molar-refractivity contribution in [2.45, 2.75) is 82.4 Å². The number of amides is 2.